The zero-order valence-corrected chi connectivity index (χ0v) is 12.5. The van der Waals surface area contributed by atoms with E-state index in [1.54, 1.807) is 30.3 Å². The molecule has 0 bridgehead atoms. The molecule has 10 heteroatoms. The van der Waals surface area contributed by atoms with Gasteiger partial charge in [-0.15, -0.1) is 5.11 Å². The van der Waals surface area contributed by atoms with Crippen LogP contribution in [-0.4, -0.2) is 25.9 Å². The summed E-state index contributed by atoms with van der Waals surface area (Å²) >= 11 is 0. The average molecular weight is 342 g/mol. The number of azo groups is 1. The molecule has 0 aromatic heterocycles. The van der Waals surface area contributed by atoms with Crippen molar-refractivity contribution in [1.29, 1.82) is 0 Å². The van der Waals surface area contributed by atoms with E-state index in [9.17, 15) is 16.8 Å². The molecular formula is C12H10N2O6S2. The van der Waals surface area contributed by atoms with Crippen LogP contribution in [0.15, 0.2) is 68.6 Å². The fourth-order valence-corrected chi connectivity index (χ4v) is 2.98. The number of rotatable bonds is 4. The highest BCUT2D eigenvalue weighted by molar-refractivity contribution is 7.87. The van der Waals surface area contributed by atoms with Gasteiger partial charge < -0.3 is 0 Å². The first-order valence-electron chi connectivity index (χ1n) is 5.74. The molecule has 0 spiro atoms. The zero-order chi connectivity index (χ0) is 16.4. The Morgan fingerprint density at radius 3 is 1.64 bits per heavy atom. The maximum atomic E-state index is 11.3. The molecule has 0 aliphatic heterocycles. The molecule has 0 saturated heterocycles. The summed E-state index contributed by atoms with van der Waals surface area (Å²) in [4.78, 5) is -1.55. The average Bonchev–Trinajstić information content (AvgIpc) is 2.44. The Labute approximate surface area is 126 Å². The van der Waals surface area contributed by atoms with Crippen LogP contribution in [0.3, 0.4) is 0 Å². The Morgan fingerprint density at radius 1 is 0.682 bits per heavy atom. The summed E-state index contributed by atoms with van der Waals surface area (Å²) in [6.07, 6.45) is 0. The van der Waals surface area contributed by atoms with Crippen LogP contribution in [0.2, 0.25) is 0 Å². The van der Waals surface area contributed by atoms with E-state index in [2.05, 4.69) is 10.2 Å². The lowest BCUT2D eigenvalue weighted by molar-refractivity contribution is 0.481. The van der Waals surface area contributed by atoms with E-state index in [1.165, 1.54) is 0 Å². The number of hydrogen-bond donors (Lipinski definition) is 2. The molecule has 0 aliphatic rings. The highest BCUT2D eigenvalue weighted by atomic mass is 32.2. The fraction of sp³-hybridized carbons (Fsp3) is 0. The van der Waals surface area contributed by atoms with Crippen LogP contribution in [0, 0.1) is 0 Å². The largest absolute Gasteiger partial charge is 0.296 e. The van der Waals surface area contributed by atoms with E-state index < -0.39 is 35.7 Å². The van der Waals surface area contributed by atoms with E-state index in [0.717, 1.165) is 18.2 Å². The van der Waals surface area contributed by atoms with Gasteiger partial charge >= 0.3 is 0 Å². The predicted octanol–water partition coefficient (Wildman–Crippen LogP) is 2.60. The van der Waals surface area contributed by atoms with Crippen LogP contribution >= 0.6 is 0 Å². The molecule has 2 aromatic rings. The van der Waals surface area contributed by atoms with Gasteiger partial charge in [0.15, 0.2) is 0 Å². The Kier molecular flexibility index (Phi) is 4.37. The second kappa shape index (κ2) is 5.93. The lowest BCUT2D eigenvalue weighted by Crippen LogP contribution is -2.04. The first-order valence-corrected chi connectivity index (χ1v) is 8.62. The second-order valence-corrected chi connectivity index (χ2v) is 6.87. The molecule has 2 rings (SSSR count). The Hall–Kier alpha value is -2.14. The van der Waals surface area contributed by atoms with Gasteiger partial charge in [-0.05, 0) is 24.3 Å². The molecule has 0 unspecified atom stereocenters. The van der Waals surface area contributed by atoms with Crippen LogP contribution in [0.5, 0.6) is 0 Å². The van der Waals surface area contributed by atoms with Gasteiger partial charge in [0.2, 0.25) is 0 Å². The number of hydrogen-bond acceptors (Lipinski definition) is 6. The van der Waals surface area contributed by atoms with Crippen LogP contribution in [0.25, 0.3) is 0 Å². The van der Waals surface area contributed by atoms with Crippen molar-refractivity contribution >= 4 is 31.6 Å². The van der Waals surface area contributed by atoms with Crippen molar-refractivity contribution in [3.8, 4) is 0 Å². The van der Waals surface area contributed by atoms with E-state index in [1.807, 2.05) is 0 Å². The van der Waals surface area contributed by atoms with Crippen LogP contribution in [-0.2, 0) is 20.2 Å². The molecular weight excluding hydrogens is 332 g/mol. The van der Waals surface area contributed by atoms with Crippen molar-refractivity contribution in [2.75, 3.05) is 0 Å². The quantitative estimate of drug-likeness (QED) is 0.648. The van der Waals surface area contributed by atoms with Gasteiger partial charge in [0.05, 0.1) is 5.69 Å². The summed E-state index contributed by atoms with van der Waals surface area (Å²) in [5.74, 6) is 0. The number of benzene rings is 2. The topological polar surface area (TPSA) is 133 Å². The van der Waals surface area contributed by atoms with E-state index >= 15 is 0 Å². The molecule has 8 nitrogen and oxygen atoms in total. The van der Waals surface area contributed by atoms with Crippen molar-refractivity contribution in [2.24, 2.45) is 10.2 Å². The first kappa shape index (κ1) is 16.2. The van der Waals surface area contributed by atoms with Gasteiger partial charge in [-0.3, -0.25) is 9.11 Å². The molecule has 0 aliphatic carbocycles. The molecule has 0 radical (unpaired) electrons. The standard InChI is InChI=1S/C12H10N2O6S2/c15-21(16,17)10-7-4-8-11(22(18,19)20)12(10)14-13-9-5-2-1-3-6-9/h1-8H,(H,15,16,17)(H,18,19,20). The van der Waals surface area contributed by atoms with Crippen LogP contribution in [0.4, 0.5) is 11.4 Å². The van der Waals surface area contributed by atoms with E-state index in [0.29, 0.717) is 5.69 Å². The van der Waals surface area contributed by atoms with Gasteiger partial charge in [0.1, 0.15) is 15.5 Å². The first-order chi connectivity index (χ1) is 10.2. The third-order valence-corrected chi connectivity index (χ3v) is 4.31. The van der Waals surface area contributed by atoms with Crippen molar-refractivity contribution in [1.82, 2.24) is 0 Å². The Balaban J connectivity index is 2.69. The molecule has 2 aromatic carbocycles. The molecule has 22 heavy (non-hydrogen) atoms. The summed E-state index contributed by atoms with van der Waals surface area (Å²) < 4.78 is 63.6. The molecule has 2 N–H and O–H groups in total. The Bertz CT molecular complexity index is 871. The lowest BCUT2D eigenvalue weighted by atomic mass is 10.3. The second-order valence-electron chi connectivity index (χ2n) is 4.09. The minimum atomic E-state index is -4.75. The van der Waals surface area contributed by atoms with Crippen molar-refractivity contribution in [3.63, 3.8) is 0 Å². The van der Waals surface area contributed by atoms with Crippen molar-refractivity contribution < 1.29 is 25.9 Å². The monoisotopic (exact) mass is 342 g/mol. The highest BCUT2D eigenvalue weighted by Gasteiger charge is 2.24. The summed E-state index contributed by atoms with van der Waals surface area (Å²) in [7, 11) is -9.50. The molecule has 0 fully saturated rings. The predicted molar refractivity (Wildman–Crippen MR) is 76.7 cm³/mol. The van der Waals surface area contributed by atoms with E-state index in [-0.39, 0.29) is 0 Å². The molecule has 0 heterocycles. The third-order valence-electron chi connectivity index (χ3n) is 2.54. The summed E-state index contributed by atoms with van der Waals surface area (Å²) in [5.41, 5.74) is -0.342. The molecule has 0 saturated carbocycles. The van der Waals surface area contributed by atoms with Crippen molar-refractivity contribution in [2.45, 2.75) is 9.79 Å². The Morgan fingerprint density at radius 2 is 1.18 bits per heavy atom. The molecule has 0 atom stereocenters. The zero-order valence-electron chi connectivity index (χ0n) is 10.9. The van der Waals surface area contributed by atoms with Gasteiger partial charge in [-0.1, -0.05) is 24.3 Å². The van der Waals surface area contributed by atoms with Crippen molar-refractivity contribution in [3.05, 3.63) is 48.5 Å². The SMILES string of the molecule is O=S(=O)(O)c1cccc(S(=O)(=O)O)c1N=Nc1ccccc1. The summed E-state index contributed by atoms with van der Waals surface area (Å²) in [6, 6.07) is 11.0. The maximum Gasteiger partial charge on any atom is 0.296 e. The fourth-order valence-electron chi connectivity index (χ4n) is 1.62. The molecule has 0 amide bonds. The van der Waals surface area contributed by atoms with Crippen LogP contribution < -0.4 is 0 Å². The maximum absolute atomic E-state index is 11.3. The van der Waals surface area contributed by atoms with Crippen LogP contribution in [0.1, 0.15) is 0 Å². The minimum Gasteiger partial charge on any atom is -0.282 e. The highest BCUT2D eigenvalue weighted by Crippen LogP contribution is 2.33. The molecule has 116 valence electrons. The lowest BCUT2D eigenvalue weighted by Gasteiger charge is -2.06. The third kappa shape index (κ3) is 3.74. The van der Waals surface area contributed by atoms with Gasteiger partial charge in [0, 0.05) is 0 Å². The van der Waals surface area contributed by atoms with E-state index in [4.69, 9.17) is 9.11 Å². The number of nitrogens with zero attached hydrogens (tertiary/aromatic N) is 2. The minimum absolute atomic E-state index is 0.328. The normalized spacial score (nSPS) is 12.6. The van der Waals surface area contributed by atoms with Gasteiger partial charge in [0.25, 0.3) is 20.2 Å². The smallest absolute Gasteiger partial charge is 0.282 e. The van der Waals surface area contributed by atoms with Gasteiger partial charge in [-0.25, -0.2) is 0 Å². The summed E-state index contributed by atoms with van der Waals surface area (Å²) in [6.45, 7) is 0. The van der Waals surface area contributed by atoms with Gasteiger partial charge in [-0.2, -0.15) is 21.9 Å². The summed E-state index contributed by atoms with van der Waals surface area (Å²) in [5, 5.41) is 7.25.